The third-order valence-electron chi connectivity index (χ3n) is 5.32. The monoisotopic (exact) mass is 485 g/mol. The van der Waals surface area contributed by atoms with Gasteiger partial charge in [0.2, 0.25) is 10.0 Å². The molecule has 33 heavy (non-hydrogen) atoms. The molecule has 1 fully saturated rings. The molecule has 0 aliphatic carbocycles. The molecule has 0 aromatic heterocycles. The Morgan fingerprint density at radius 2 is 1.73 bits per heavy atom. The minimum absolute atomic E-state index is 0.00241. The molecule has 180 valence electrons. The lowest BCUT2D eigenvalue weighted by Gasteiger charge is -2.30. The van der Waals surface area contributed by atoms with Gasteiger partial charge in [-0.05, 0) is 42.3 Å². The molecule has 1 amide bonds. The van der Waals surface area contributed by atoms with Crippen molar-refractivity contribution in [2.45, 2.75) is 17.5 Å². The maximum Gasteiger partial charge on any atom is 0.416 e. The lowest BCUT2D eigenvalue weighted by molar-refractivity contribution is -0.137. The van der Waals surface area contributed by atoms with Crippen LogP contribution in [0.5, 0.6) is 0 Å². The molecule has 7 nitrogen and oxygen atoms in total. The Balaban J connectivity index is 1.78. The van der Waals surface area contributed by atoms with Crippen LogP contribution in [0, 0.1) is 0 Å². The average Bonchev–Trinajstić information content (AvgIpc) is 2.78. The summed E-state index contributed by atoms with van der Waals surface area (Å²) in [6, 6.07) is 9.20. The number of carbonyl (C=O) groups excluding carboxylic acids is 1. The van der Waals surface area contributed by atoms with Gasteiger partial charge in [0, 0.05) is 39.4 Å². The second-order valence-corrected chi connectivity index (χ2v) is 9.92. The van der Waals surface area contributed by atoms with Crippen LogP contribution >= 0.6 is 0 Å². The number of benzene rings is 2. The van der Waals surface area contributed by atoms with E-state index in [-0.39, 0.29) is 17.0 Å². The Morgan fingerprint density at radius 3 is 2.30 bits per heavy atom. The summed E-state index contributed by atoms with van der Waals surface area (Å²) in [6.45, 7) is 2.29. The molecule has 1 saturated heterocycles. The number of carbonyl (C=O) groups is 1. The van der Waals surface area contributed by atoms with E-state index in [1.165, 1.54) is 38.4 Å². The third-order valence-corrected chi connectivity index (χ3v) is 7.13. The number of anilines is 1. The van der Waals surface area contributed by atoms with E-state index in [1.54, 1.807) is 6.07 Å². The van der Waals surface area contributed by atoms with E-state index >= 15 is 0 Å². The highest BCUT2D eigenvalue weighted by molar-refractivity contribution is 7.89. The summed E-state index contributed by atoms with van der Waals surface area (Å²) < 4.78 is 69.7. The zero-order valence-corrected chi connectivity index (χ0v) is 19.2. The molecule has 1 aliphatic heterocycles. The standard InChI is InChI=1S/C22H26F3N3O4S/c1-27(2)33(30,31)18-7-8-20(28-11-13-32-14-12-28)19(15-18)21(29)26-10-9-16-3-5-17(6-4-16)22(23,24)25/h3-8,15H,9-14H2,1-2H3,(H,26,29). The first-order chi connectivity index (χ1) is 15.5. The molecule has 0 atom stereocenters. The Morgan fingerprint density at radius 1 is 1.09 bits per heavy atom. The summed E-state index contributed by atoms with van der Waals surface area (Å²) in [4.78, 5) is 15.0. The zero-order chi connectivity index (χ0) is 24.2. The number of morpholine rings is 1. The summed E-state index contributed by atoms with van der Waals surface area (Å²) in [6.07, 6.45) is -4.08. The van der Waals surface area contributed by atoms with Crippen molar-refractivity contribution in [2.24, 2.45) is 0 Å². The van der Waals surface area contributed by atoms with E-state index in [0.29, 0.717) is 44.0 Å². The average molecular weight is 486 g/mol. The molecular formula is C22H26F3N3O4S. The van der Waals surface area contributed by atoms with Crippen LogP contribution < -0.4 is 10.2 Å². The molecule has 0 unspecified atom stereocenters. The van der Waals surface area contributed by atoms with Gasteiger partial charge in [0.05, 0.1) is 29.2 Å². The Hall–Kier alpha value is -2.63. The molecule has 1 N–H and O–H groups in total. The quantitative estimate of drug-likeness (QED) is 0.653. The Labute approximate surface area is 191 Å². The van der Waals surface area contributed by atoms with Gasteiger partial charge in [-0.3, -0.25) is 4.79 Å². The van der Waals surface area contributed by atoms with E-state index in [9.17, 15) is 26.4 Å². The predicted octanol–water partition coefficient (Wildman–Crippen LogP) is 2.76. The number of nitrogens with zero attached hydrogens (tertiary/aromatic N) is 2. The largest absolute Gasteiger partial charge is 0.416 e. The summed E-state index contributed by atoms with van der Waals surface area (Å²) in [5.74, 6) is -0.459. The van der Waals surface area contributed by atoms with Crippen LogP contribution in [-0.4, -0.2) is 65.6 Å². The molecule has 3 rings (SSSR count). The Kier molecular flexibility index (Phi) is 7.65. The second-order valence-electron chi connectivity index (χ2n) is 7.77. The van der Waals surface area contributed by atoms with Crippen molar-refractivity contribution in [3.63, 3.8) is 0 Å². The van der Waals surface area contributed by atoms with Crippen molar-refractivity contribution in [3.05, 3.63) is 59.2 Å². The van der Waals surface area contributed by atoms with Crippen molar-refractivity contribution in [3.8, 4) is 0 Å². The van der Waals surface area contributed by atoms with E-state index in [1.807, 2.05) is 4.90 Å². The maximum absolute atomic E-state index is 13.0. The number of amides is 1. The number of hydrogen-bond acceptors (Lipinski definition) is 5. The molecule has 0 bridgehead atoms. The molecule has 2 aromatic carbocycles. The number of hydrogen-bond donors (Lipinski definition) is 1. The van der Waals surface area contributed by atoms with Gasteiger partial charge in [-0.2, -0.15) is 13.2 Å². The first kappa shape index (κ1) is 25.0. The van der Waals surface area contributed by atoms with Crippen LogP contribution in [-0.2, 0) is 27.4 Å². The van der Waals surface area contributed by atoms with Gasteiger partial charge in [-0.1, -0.05) is 12.1 Å². The van der Waals surface area contributed by atoms with Crippen LogP contribution in [0.2, 0.25) is 0 Å². The van der Waals surface area contributed by atoms with Crippen molar-refractivity contribution < 1.29 is 31.1 Å². The van der Waals surface area contributed by atoms with E-state index in [2.05, 4.69) is 5.32 Å². The minimum Gasteiger partial charge on any atom is -0.378 e. The fourth-order valence-electron chi connectivity index (χ4n) is 3.42. The van der Waals surface area contributed by atoms with Gasteiger partial charge >= 0.3 is 6.18 Å². The zero-order valence-electron chi connectivity index (χ0n) is 18.4. The van der Waals surface area contributed by atoms with E-state index in [0.717, 1.165) is 16.4 Å². The first-order valence-corrected chi connectivity index (χ1v) is 11.8. The molecule has 1 aliphatic rings. The number of ether oxygens (including phenoxy) is 1. The first-order valence-electron chi connectivity index (χ1n) is 10.3. The van der Waals surface area contributed by atoms with Crippen molar-refractivity contribution in [1.82, 2.24) is 9.62 Å². The second kappa shape index (κ2) is 10.1. The lowest BCUT2D eigenvalue weighted by atomic mass is 10.1. The third kappa shape index (κ3) is 6.04. The SMILES string of the molecule is CN(C)S(=O)(=O)c1ccc(N2CCOCC2)c(C(=O)NCCc2ccc(C(F)(F)F)cc2)c1. The van der Waals surface area contributed by atoms with Crippen LogP contribution in [0.15, 0.2) is 47.4 Å². The van der Waals surface area contributed by atoms with Crippen molar-refractivity contribution >= 4 is 21.6 Å². The van der Waals surface area contributed by atoms with Crippen molar-refractivity contribution in [2.75, 3.05) is 51.8 Å². The predicted molar refractivity (Wildman–Crippen MR) is 118 cm³/mol. The summed E-state index contributed by atoms with van der Waals surface area (Å²) >= 11 is 0. The molecule has 1 heterocycles. The number of nitrogens with one attached hydrogen (secondary N) is 1. The summed E-state index contributed by atoms with van der Waals surface area (Å²) in [5.41, 5.74) is 0.722. The van der Waals surface area contributed by atoms with Gasteiger partial charge in [0.1, 0.15) is 0 Å². The molecule has 11 heteroatoms. The Bertz CT molecular complexity index is 1080. The fourth-order valence-corrected chi connectivity index (χ4v) is 4.35. The van der Waals surface area contributed by atoms with Gasteiger partial charge < -0.3 is 15.0 Å². The van der Waals surface area contributed by atoms with Gasteiger partial charge in [0.25, 0.3) is 5.91 Å². The number of halogens is 3. The molecule has 0 radical (unpaired) electrons. The number of alkyl halides is 3. The van der Waals surface area contributed by atoms with E-state index in [4.69, 9.17) is 4.74 Å². The number of sulfonamides is 1. The highest BCUT2D eigenvalue weighted by Crippen LogP contribution is 2.29. The maximum atomic E-state index is 13.0. The molecule has 2 aromatic rings. The van der Waals surface area contributed by atoms with Crippen molar-refractivity contribution in [1.29, 1.82) is 0 Å². The highest BCUT2D eigenvalue weighted by atomic mass is 32.2. The molecule has 0 saturated carbocycles. The van der Waals surface area contributed by atoms with Crippen LogP contribution in [0.25, 0.3) is 0 Å². The van der Waals surface area contributed by atoms with Gasteiger partial charge in [-0.25, -0.2) is 12.7 Å². The summed E-state index contributed by atoms with van der Waals surface area (Å²) in [5, 5.41) is 2.75. The van der Waals surface area contributed by atoms with Gasteiger partial charge in [-0.15, -0.1) is 0 Å². The summed E-state index contributed by atoms with van der Waals surface area (Å²) in [7, 11) is -0.918. The molecule has 0 spiro atoms. The van der Waals surface area contributed by atoms with E-state index < -0.39 is 27.7 Å². The lowest BCUT2D eigenvalue weighted by Crippen LogP contribution is -2.38. The van der Waals surface area contributed by atoms with Gasteiger partial charge in [0.15, 0.2) is 0 Å². The fraction of sp³-hybridized carbons (Fsp3) is 0.409. The minimum atomic E-state index is -4.40. The molecular weight excluding hydrogens is 459 g/mol. The normalized spacial score (nSPS) is 15.0. The topological polar surface area (TPSA) is 79.0 Å². The highest BCUT2D eigenvalue weighted by Gasteiger charge is 2.30. The smallest absolute Gasteiger partial charge is 0.378 e. The van der Waals surface area contributed by atoms with Crippen LogP contribution in [0.4, 0.5) is 18.9 Å². The van der Waals surface area contributed by atoms with Crippen LogP contribution in [0.1, 0.15) is 21.5 Å². The number of rotatable bonds is 7. The van der Waals surface area contributed by atoms with Crippen LogP contribution in [0.3, 0.4) is 0 Å².